The zero-order valence-corrected chi connectivity index (χ0v) is 10.1. The number of hydrogen-bond acceptors (Lipinski definition) is 7. The van der Waals surface area contributed by atoms with E-state index < -0.39 is 9.84 Å². The van der Waals surface area contributed by atoms with Gasteiger partial charge in [-0.1, -0.05) is 0 Å². The lowest BCUT2D eigenvalue weighted by Gasteiger charge is -2.16. The lowest BCUT2D eigenvalue weighted by Crippen LogP contribution is -2.22. The van der Waals surface area contributed by atoms with Gasteiger partial charge in [0.1, 0.15) is 9.90 Å². The molecule has 0 aromatic carbocycles. The van der Waals surface area contributed by atoms with Crippen molar-refractivity contribution >= 4 is 32.2 Å². The van der Waals surface area contributed by atoms with Crippen LogP contribution in [-0.2, 0) is 9.84 Å². The fraction of sp³-hybridized carbons (Fsp3) is 0.571. The third-order valence-electron chi connectivity index (χ3n) is 1.81. The predicted molar refractivity (Wildman–Crippen MR) is 60.0 cm³/mol. The van der Waals surface area contributed by atoms with Gasteiger partial charge in [0.05, 0.1) is 6.61 Å². The maximum absolute atomic E-state index is 11.4. The topological polar surface area (TPSA) is 96.5 Å². The third-order valence-corrected chi connectivity index (χ3v) is 4.06. The van der Waals surface area contributed by atoms with E-state index in [2.05, 4.69) is 4.37 Å². The van der Waals surface area contributed by atoms with E-state index in [1.54, 1.807) is 11.9 Å². The molecule has 0 unspecified atom stereocenters. The standard InChI is InChI=1S/C7H13N3O3S2/c1-10(3-4-11)7-5(15(2,12)13)6(8)9-14-7/h11H,3-4H2,1-2H3,(H2,8,9). The summed E-state index contributed by atoms with van der Waals surface area (Å²) in [7, 11) is -1.71. The van der Waals surface area contributed by atoms with Crippen molar-refractivity contribution in [2.24, 2.45) is 0 Å². The number of nitrogen functional groups attached to an aromatic ring is 1. The summed E-state index contributed by atoms with van der Waals surface area (Å²) in [5.74, 6) is 0.0160. The molecule has 1 aromatic rings. The van der Waals surface area contributed by atoms with Crippen LogP contribution in [0, 0.1) is 0 Å². The molecule has 0 saturated carbocycles. The molecule has 0 radical (unpaired) electrons. The SMILES string of the molecule is CN(CCO)c1snc(N)c1S(C)(=O)=O. The van der Waals surface area contributed by atoms with Gasteiger partial charge in [-0.3, -0.25) is 0 Å². The number of sulfone groups is 1. The number of hydrogen-bond donors (Lipinski definition) is 2. The van der Waals surface area contributed by atoms with Crippen molar-refractivity contribution in [1.82, 2.24) is 4.37 Å². The molecule has 0 aliphatic heterocycles. The summed E-state index contributed by atoms with van der Waals surface area (Å²) >= 11 is 1.01. The fourth-order valence-electron chi connectivity index (χ4n) is 1.13. The molecule has 15 heavy (non-hydrogen) atoms. The molecule has 0 atom stereocenters. The van der Waals surface area contributed by atoms with Crippen LogP contribution in [0.15, 0.2) is 4.90 Å². The Hall–Kier alpha value is -0.860. The number of nitrogens with two attached hydrogens (primary N) is 1. The molecule has 3 N–H and O–H groups in total. The normalized spacial score (nSPS) is 11.7. The van der Waals surface area contributed by atoms with Crippen molar-refractivity contribution in [3.63, 3.8) is 0 Å². The maximum atomic E-state index is 11.4. The summed E-state index contributed by atoms with van der Waals surface area (Å²) in [4.78, 5) is 1.66. The Morgan fingerprint density at radius 3 is 2.67 bits per heavy atom. The molecule has 1 heterocycles. The zero-order chi connectivity index (χ0) is 11.6. The molecule has 8 heteroatoms. The minimum Gasteiger partial charge on any atom is -0.395 e. The molecule has 0 spiro atoms. The Balaban J connectivity index is 3.21. The van der Waals surface area contributed by atoms with E-state index in [1.165, 1.54) is 0 Å². The van der Waals surface area contributed by atoms with E-state index in [-0.39, 0.29) is 17.3 Å². The smallest absolute Gasteiger partial charge is 0.182 e. The average molecular weight is 251 g/mol. The number of rotatable bonds is 4. The Morgan fingerprint density at radius 2 is 2.20 bits per heavy atom. The van der Waals surface area contributed by atoms with Crippen LogP contribution in [0.3, 0.4) is 0 Å². The lowest BCUT2D eigenvalue weighted by atomic mass is 10.5. The molecule has 86 valence electrons. The van der Waals surface area contributed by atoms with Gasteiger partial charge in [-0.05, 0) is 11.5 Å². The van der Waals surface area contributed by atoms with Gasteiger partial charge in [0.25, 0.3) is 0 Å². The van der Waals surface area contributed by atoms with Crippen LogP contribution in [-0.4, -0.2) is 44.4 Å². The lowest BCUT2D eigenvalue weighted by molar-refractivity contribution is 0.304. The van der Waals surface area contributed by atoms with Gasteiger partial charge in [0.2, 0.25) is 0 Å². The maximum Gasteiger partial charge on any atom is 0.182 e. The fourth-order valence-corrected chi connectivity index (χ4v) is 3.34. The van der Waals surface area contributed by atoms with Gasteiger partial charge in [-0.2, -0.15) is 4.37 Å². The highest BCUT2D eigenvalue weighted by Gasteiger charge is 2.23. The van der Waals surface area contributed by atoms with Crippen molar-refractivity contribution in [1.29, 1.82) is 0 Å². The van der Waals surface area contributed by atoms with E-state index in [1.807, 2.05) is 0 Å². The minimum absolute atomic E-state index is 0.0160. The Labute approximate surface area is 92.4 Å². The van der Waals surface area contributed by atoms with Crippen molar-refractivity contribution in [3.05, 3.63) is 0 Å². The minimum atomic E-state index is -3.38. The molecular weight excluding hydrogens is 238 g/mol. The number of likely N-dealkylation sites (N-methyl/N-ethyl adjacent to an activating group) is 1. The largest absolute Gasteiger partial charge is 0.395 e. The molecule has 1 aromatic heterocycles. The molecule has 0 saturated heterocycles. The quantitative estimate of drug-likeness (QED) is 0.753. The van der Waals surface area contributed by atoms with Gasteiger partial charge in [-0.15, -0.1) is 0 Å². The Kier molecular flexibility index (Phi) is 3.53. The summed E-state index contributed by atoms with van der Waals surface area (Å²) in [6, 6.07) is 0. The second-order valence-corrected chi connectivity index (χ2v) is 5.82. The zero-order valence-electron chi connectivity index (χ0n) is 8.47. The van der Waals surface area contributed by atoms with E-state index >= 15 is 0 Å². The summed E-state index contributed by atoms with van der Waals surface area (Å²) in [6.07, 6.45) is 1.09. The second-order valence-electron chi connectivity index (χ2n) is 3.12. The highest BCUT2D eigenvalue weighted by Crippen LogP contribution is 2.33. The molecule has 0 fully saturated rings. The van der Waals surface area contributed by atoms with Crippen molar-refractivity contribution in [3.8, 4) is 0 Å². The summed E-state index contributed by atoms with van der Waals surface area (Å²) in [5, 5.41) is 9.22. The first kappa shape index (κ1) is 12.2. The number of nitrogens with zero attached hydrogens (tertiary/aromatic N) is 2. The van der Waals surface area contributed by atoms with E-state index in [0.717, 1.165) is 17.8 Å². The van der Waals surface area contributed by atoms with Gasteiger partial charge < -0.3 is 15.7 Å². The number of aliphatic hydroxyl groups is 1. The molecular formula is C7H13N3O3S2. The van der Waals surface area contributed by atoms with E-state index in [0.29, 0.717) is 11.5 Å². The molecule has 0 aliphatic rings. The van der Waals surface area contributed by atoms with Crippen LogP contribution < -0.4 is 10.6 Å². The van der Waals surface area contributed by atoms with E-state index in [4.69, 9.17) is 10.8 Å². The summed E-state index contributed by atoms with van der Waals surface area (Å²) in [6.45, 7) is 0.279. The van der Waals surface area contributed by atoms with Gasteiger partial charge in [0.15, 0.2) is 15.7 Å². The first-order valence-electron chi connectivity index (χ1n) is 4.15. The second kappa shape index (κ2) is 4.33. The van der Waals surface area contributed by atoms with Crippen molar-refractivity contribution in [2.75, 3.05) is 37.1 Å². The highest BCUT2D eigenvalue weighted by atomic mass is 32.2. The van der Waals surface area contributed by atoms with Crippen LogP contribution in [0.2, 0.25) is 0 Å². The molecule has 0 aliphatic carbocycles. The van der Waals surface area contributed by atoms with Crippen molar-refractivity contribution < 1.29 is 13.5 Å². The van der Waals surface area contributed by atoms with Crippen LogP contribution in [0.25, 0.3) is 0 Å². The molecule has 1 rings (SSSR count). The summed E-state index contributed by atoms with van der Waals surface area (Å²) < 4.78 is 26.7. The Morgan fingerprint density at radius 1 is 1.60 bits per heavy atom. The average Bonchev–Trinajstić information content (AvgIpc) is 2.46. The Bertz CT molecular complexity index is 440. The van der Waals surface area contributed by atoms with Crippen LogP contribution >= 0.6 is 11.5 Å². The number of anilines is 2. The van der Waals surface area contributed by atoms with Gasteiger partial charge >= 0.3 is 0 Å². The number of aromatic nitrogens is 1. The van der Waals surface area contributed by atoms with Crippen LogP contribution in [0.5, 0.6) is 0 Å². The highest BCUT2D eigenvalue weighted by molar-refractivity contribution is 7.91. The first-order chi connectivity index (χ1) is 6.88. The van der Waals surface area contributed by atoms with Gasteiger partial charge in [0, 0.05) is 19.8 Å². The molecule has 0 amide bonds. The molecule has 6 nitrogen and oxygen atoms in total. The first-order valence-corrected chi connectivity index (χ1v) is 6.81. The van der Waals surface area contributed by atoms with Crippen LogP contribution in [0.1, 0.15) is 0 Å². The van der Waals surface area contributed by atoms with Crippen LogP contribution in [0.4, 0.5) is 10.8 Å². The summed E-state index contributed by atoms with van der Waals surface area (Å²) in [5.41, 5.74) is 5.49. The molecule has 0 bridgehead atoms. The number of aliphatic hydroxyl groups excluding tert-OH is 1. The monoisotopic (exact) mass is 251 g/mol. The van der Waals surface area contributed by atoms with Crippen molar-refractivity contribution in [2.45, 2.75) is 4.90 Å². The van der Waals surface area contributed by atoms with Gasteiger partial charge in [-0.25, -0.2) is 8.42 Å². The third kappa shape index (κ3) is 2.58. The predicted octanol–water partition coefficient (Wildman–Crippen LogP) is -0.443. The van der Waals surface area contributed by atoms with E-state index in [9.17, 15) is 8.42 Å².